The molecule has 0 saturated carbocycles. The minimum Gasteiger partial charge on any atom is -0.497 e. The van der Waals surface area contributed by atoms with Crippen LogP contribution in [0.2, 0.25) is 0 Å². The normalized spacial score (nSPS) is 11.8. The number of carbonyl (C=O) groups excluding carboxylic acids is 1. The summed E-state index contributed by atoms with van der Waals surface area (Å²) in [6.07, 6.45) is -1.46. The molecule has 0 saturated heterocycles. The van der Waals surface area contributed by atoms with Gasteiger partial charge in [-0.2, -0.15) is 13.2 Å². The van der Waals surface area contributed by atoms with Gasteiger partial charge in [0.25, 0.3) is 5.56 Å². The molecule has 5 nitrogen and oxygen atoms in total. The molecule has 0 bridgehead atoms. The highest BCUT2D eigenvalue weighted by molar-refractivity contribution is 5.94. The molecule has 0 spiro atoms. The number of alkyl halides is 3. The molecule has 166 valence electrons. The average molecular weight is 443 g/mol. The van der Waals surface area contributed by atoms with Crippen LogP contribution < -0.4 is 10.3 Å². The van der Waals surface area contributed by atoms with E-state index in [1.165, 1.54) is 25.4 Å². The number of carbonyl (C=O) groups is 1. The molecule has 0 atom stereocenters. The summed E-state index contributed by atoms with van der Waals surface area (Å²) >= 11 is 0. The molecule has 0 aliphatic heterocycles. The summed E-state index contributed by atoms with van der Waals surface area (Å²) in [5.41, 5.74) is 0.232. The SMILES string of the molecule is COc1ccc(C=C(Cc2ccc[nH]c2=O)C(=O)OCc2cccc(C(F)(F)F)c2)cc1. The zero-order chi connectivity index (χ0) is 23.1. The van der Waals surface area contributed by atoms with Crippen molar-refractivity contribution < 1.29 is 27.4 Å². The maximum atomic E-state index is 12.9. The lowest BCUT2D eigenvalue weighted by atomic mass is 10.0. The summed E-state index contributed by atoms with van der Waals surface area (Å²) in [6.45, 7) is -0.339. The predicted octanol–water partition coefficient (Wildman–Crippen LogP) is 4.77. The van der Waals surface area contributed by atoms with E-state index < -0.39 is 17.7 Å². The van der Waals surface area contributed by atoms with E-state index in [0.29, 0.717) is 16.9 Å². The molecule has 0 radical (unpaired) electrons. The Balaban J connectivity index is 1.83. The standard InChI is InChI=1S/C24H20F3NO4/c1-31-21-9-7-16(8-10-21)12-19(14-18-5-3-11-28-22(18)29)23(30)32-15-17-4-2-6-20(13-17)24(25,26)27/h2-13H,14-15H2,1H3,(H,28,29). The quantitative estimate of drug-likeness (QED) is 0.422. The van der Waals surface area contributed by atoms with Gasteiger partial charge in [-0.15, -0.1) is 0 Å². The number of aromatic amines is 1. The van der Waals surface area contributed by atoms with Gasteiger partial charge in [-0.05, 0) is 47.5 Å². The fourth-order valence-electron chi connectivity index (χ4n) is 2.96. The number of hydrogen-bond acceptors (Lipinski definition) is 4. The largest absolute Gasteiger partial charge is 0.497 e. The Morgan fingerprint density at radius 3 is 2.47 bits per heavy atom. The number of aromatic nitrogens is 1. The Hall–Kier alpha value is -3.81. The minimum atomic E-state index is -4.49. The van der Waals surface area contributed by atoms with E-state index in [1.54, 1.807) is 42.5 Å². The van der Waals surface area contributed by atoms with E-state index in [0.717, 1.165) is 12.1 Å². The van der Waals surface area contributed by atoms with Crippen molar-refractivity contribution >= 4 is 12.0 Å². The number of methoxy groups -OCH3 is 1. The summed E-state index contributed by atoms with van der Waals surface area (Å²) < 4.78 is 49.1. The van der Waals surface area contributed by atoms with Crippen LogP contribution in [0.4, 0.5) is 13.2 Å². The monoisotopic (exact) mass is 443 g/mol. The van der Waals surface area contributed by atoms with Crippen LogP contribution in [0.5, 0.6) is 5.75 Å². The van der Waals surface area contributed by atoms with Crippen molar-refractivity contribution in [2.75, 3.05) is 7.11 Å². The van der Waals surface area contributed by atoms with E-state index in [-0.39, 0.29) is 29.7 Å². The van der Waals surface area contributed by atoms with Crippen LogP contribution in [-0.2, 0) is 28.7 Å². The van der Waals surface area contributed by atoms with Crippen LogP contribution in [0, 0.1) is 0 Å². The second kappa shape index (κ2) is 10.00. The number of nitrogens with one attached hydrogen (secondary N) is 1. The molecular formula is C24H20F3NO4. The lowest BCUT2D eigenvalue weighted by Crippen LogP contribution is -2.16. The summed E-state index contributed by atoms with van der Waals surface area (Å²) in [7, 11) is 1.53. The Kier molecular flexibility index (Phi) is 7.14. The summed E-state index contributed by atoms with van der Waals surface area (Å²) in [5.74, 6) is -0.100. The minimum absolute atomic E-state index is 0.0103. The number of benzene rings is 2. The van der Waals surface area contributed by atoms with Gasteiger partial charge in [-0.1, -0.05) is 30.3 Å². The van der Waals surface area contributed by atoms with Crippen molar-refractivity contribution in [3.05, 3.63) is 105 Å². The van der Waals surface area contributed by atoms with Gasteiger partial charge in [0, 0.05) is 23.8 Å². The molecule has 3 rings (SSSR count). The zero-order valence-electron chi connectivity index (χ0n) is 17.1. The second-order valence-electron chi connectivity index (χ2n) is 6.92. The van der Waals surface area contributed by atoms with Gasteiger partial charge >= 0.3 is 12.1 Å². The van der Waals surface area contributed by atoms with Gasteiger partial charge in [0.2, 0.25) is 0 Å². The van der Waals surface area contributed by atoms with Gasteiger partial charge < -0.3 is 14.5 Å². The van der Waals surface area contributed by atoms with Gasteiger partial charge in [0.15, 0.2) is 0 Å². The van der Waals surface area contributed by atoms with Crippen LogP contribution in [-0.4, -0.2) is 18.1 Å². The number of pyridine rings is 1. The lowest BCUT2D eigenvalue weighted by molar-refractivity contribution is -0.140. The first-order valence-electron chi connectivity index (χ1n) is 9.61. The van der Waals surface area contributed by atoms with E-state index in [2.05, 4.69) is 4.98 Å². The Morgan fingerprint density at radius 1 is 1.06 bits per heavy atom. The molecule has 32 heavy (non-hydrogen) atoms. The third-order valence-corrected chi connectivity index (χ3v) is 4.62. The number of esters is 1. The first-order valence-corrected chi connectivity index (χ1v) is 9.61. The van der Waals surface area contributed by atoms with Gasteiger partial charge in [0.05, 0.1) is 12.7 Å². The van der Waals surface area contributed by atoms with Crippen LogP contribution in [0.25, 0.3) is 6.08 Å². The molecule has 1 aromatic heterocycles. The summed E-state index contributed by atoms with van der Waals surface area (Å²) in [4.78, 5) is 27.4. The molecule has 1 N–H and O–H groups in total. The van der Waals surface area contributed by atoms with Gasteiger partial charge in [-0.25, -0.2) is 4.79 Å². The van der Waals surface area contributed by atoms with Crippen molar-refractivity contribution in [1.29, 1.82) is 0 Å². The maximum Gasteiger partial charge on any atom is 0.416 e. The number of halogens is 3. The smallest absolute Gasteiger partial charge is 0.416 e. The summed E-state index contributed by atoms with van der Waals surface area (Å²) in [5, 5.41) is 0. The van der Waals surface area contributed by atoms with Crippen molar-refractivity contribution in [3.8, 4) is 5.75 Å². The van der Waals surface area contributed by atoms with Crippen molar-refractivity contribution in [2.24, 2.45) is 0 Å². The lowest BCUT2D eigenvalue weighted by Gasteiger charge is -2.11. The molecule has 0 aliphatic rings. The van der Waals surface area contributed by atoms with Crippen molar-refractivity contribution in [3.63, 3.8) is 0 Å². The second-order valence-corrected chi connectivity index (χ2v) is 6.92. The van der Waals surface area contributed by atoms with Crippen LogP contribution >= 0.6 is 0 Å². The number of hydrogen-bond donors (Lipinski definition) is 1. The van der Waals surface area contributed by atoms with Crippen molar-refractivity contribution in [1.82, 2.24) is 4.98 Å². The van der Waals surface area contributed by atoms with E-state index in [4.69, 9.17) is 9.47 Å². The Bertz CT molecular complexity index is 1160. The third kappa shape index (κ3) is 6.10. The van der Waals surface area contributed by atoms with Gasteiger partial charge in [-0.3, -0.25) is 4.79 Å². The molecule has 0 aliphatic carbocycles. The zero-order valence-corrected chi connectivity index (χ0v) is 17.1. The van der Waals surface area contributed by atoms with Gasteiger partial charge in [0.1, 0.15) is 12.4 Å². The first kappa shape index (κ1) is 22.9. The fraction of sp³-hybridized carbons (Fsp3) is 0.167. The molecule has 8 heteroatoms. The number of ether oxygens (including phenoxy) is 2. The van der Waals surface area contributed by atoms with E-state index in [1.807, 2.05) is 0 Å². The van der Waals surface area contributed by atoms with Crippen LogP contribution in [0.3, 0.4) is 0 Å². The predicted molar refractivity (Wildman–Crippen MR) is 113 cm³/mol. The topological polar surface area (TPSA) is 68.4 Å². The highest BCUT2D eigenvalue weighted by Crippen LogP contribution is 2.29. The molecular weight excluding hydrogens is 423 g/mol. The molecule has 0 amide bonds. The van der Waals surface area contributed by atoms with E-state index >= 15 is 0 Å². The molecule has 2 aromatic carbocycles. The summed E-state index contributed by atoms with van der Waals surface area (Å²) in [6, 6.07) is 14.7. The van der Waals surface area contributed by atoms with Crippen LogP contribution in [0.15, 0.2) is 77.2 Å². The fourth-order valence-corrected chi connectivity index (χ4v) is 2.96. The molecule has 3 aromatic rings. The average Bonchev–Trinajstić information content (AvgIpc) is 2.78. The highest BCUT2D eigenvalue weighted by atomic mass is 19.4. The Labute approximate surface area is 182 Å². The maximum absolute atomic E-state index is 12.9. The molecule has 0 unspecified atom stereocenters. The van der Waals surface area contributed by atoms with E-state index in [9.17, 15) is 22.8 Å². The van der Waals surface area contributed by atoms with Crippen LogP contribution in [0.1, 0.15) is 22.3 Å². The molecule has 1 heterocycles. The first-order chi connectivity index (χ1) is 15.3. The number of rotatable bonds is 7. The highest BCUT2D eigenvalue weighted by Gasteiger charge is 2.30. The Morgan fingerprint density at radius 2 is 1.81 bits per heavy atom. The third-order valence-electron chi connectivity index (χ3n) is 4.62. The van der Waals surface area contributed by atoms with Crippen molar-refractivity contribution in [2.45, 2.75) is 19.2 Å². The molecule has 0 fully saturated rings. The number of H-pyrrole nitrogens is 1.